The first-order chi connectivity index (χ1) is 22.4. The van der Waals surface area contributed by atoms with Crippen molar-refractivity contribution in [3.8, 4) is 17.2 Å². The number of alkyl halides is 2. The number of rotatable bonds is 6. The van der Waals surface area contributed by atoms with Crippen LogP contribution in [0.25, 0.3) is 0 Å². The van der Waals surface area contributed by atoms with Crippen molar-refractivity contribution in [2.75, 3.05) is 18.6 Å². The lowest BCUT2D eigenvalue weighted by atomic mass is 9.56. The molecule has 2 aliphatic carbocycles. The van der Waals surface area contributed by atoms with E-state index in [9.17, 15) is 33.8 Å². The van der Waals surface area contributed by atoms with Crippen molar-refractivity contribution >= 4 is 52.5 Å². The maximum atomic E-state index is 14.5. The molecule has 1 saturated carbocycles. The zero-order valence-corrected chi connectivity index (χ0v) is 26.5. The third-order valence-electron chi connectivity index (χ3n) is 10.1. The first-order valence-electron chi connectivity index (χ1n) is 15.1. The Morgan fingerprint density at radius 2 is 1.57 bits per heavy atom. The van der Waals surface area contributed by atoms with E-state index in [-0.39, 0.29) is 48.2 Å². The molecule has 0 aromatic heterocycles. The molecule has 2 saturated heterocycles. The number of halogens is 3. The molecule has 2 aliphatic heterocycles. The van der Waals surface area contributed by atoms with Crippen LogP contribution in [0, 0.1) is 23.6 Å². The minimum atomic E-state index is -2.12. The number of hydrogen-bond donors (Lipinski definition) is 2. The van der Waals surface area contributed by atoms with Gasteiger partial charge in [-0.2, -0.15) is 0 Å². The Morgan fingerprint density at radius 3 is 2.26 bits per heavy atom. The molecule has 3 fully saturated rings. The van der Waals surface area contributed by atoms with Crippen LogP contribution in [0.5, 0.6) is 17.2 Å². The minimum Gasteiger partial charge on any atom is -0.508 e. The van der Waals surface area contributed by atoms with E-state index in [0.29, 0.717) is 17.6 Å². The average Bonchev–Trinajstić information content (AvgIpc) is 3.38. The van der Waals surface area contributed by atoms with E-state index in [0.717, 1.165) is 22.6 Å². The molecule has 6 atom stereocenters. The van der Waals surface area contributed by atoms with Crippen molar-refractivity contribution in [3.05, 3.63) is 95.3 Å². The van der Waals surface area contributed by atoms with E-state index in [4.69, 9.17) is 27.9 Å². The number of imide groups is 2. The Kier molecular flexibility index (Phi) is 7.37. The zero-order valence-electron chi connectivity index (χ0n) is 25.0. The summed E-state index contributed by atoms with van der Waals surface area (Å²) in [7, 11) is 1.39. The van der Waals surface area contributed by atoms with Crippen LogP contribution in [0.1, 0.15) is 29.9 Å². The van der Waals surface area contributed by atoms with Gasteiger partial charge in [-0.3, -0.25) is 24.1 Å². The monoisotopic (exact) mass is 678 g/mol. The maximum Gasteiger partial charge on any atom is 0.258 e. The molecule has 2 N–H and O–H groups in total. The molecule has 6 unspecified atom stereocenters. The fourth-order valence-corrected chi connectivity index (χ4v) is 8.80. The van der Waals surface area contributed by atoms with Crippen molar-refractivity contribution in [3.63, 3.8) is 0 Å². The first-order valence-corrected chi connectivity index (χ1v) is 15.9. The highest BCUT2D eigenvalue weighted by Crippen LogP contribution is 2.66. The molecule has 4 aliphatic rings. The summed E-state index contributed by atoms with van der Waals surface area (Å²) in [5, 5.41) is 19.9. The molecule has 4 amide bonds. The number of anilines is 1. The second-order valence-corrected chi connectivity index (χ2v) is 13.7. The smallest absolute Gasteiger partial charge is 0.258 e. The number of phenols is 2. The van der Waals surface area contributed by atoms with E-state index < -0.39 is 57.0 Å². The number of aromatic hydroxyl groups is 2. The Hall–Kier alpha value is -4.41. The molecule has 0 bridgehead atoms. The molecular formula is C35H29Cl2FN2O7. The molecule has 7 rings (SSSR count). The number of nitrogens with zero attached hydrogens (tertiary/aromatic N) is 2. The number of carbonyl (C=O) groups excluding carboxylic acids is 4. The molecule has 3 aromatic carbocycles. The summed E-state index contributed by atoms with van der Waals surface area (Å²) in [6.07, 6.45) is 2.17. The third-order valence-corrected chi connectivity index (χ3v) is 11.5. The van der Waals surface area contributed by atoms with E-state index in [1.807, 2.05) is 6.08 Å². The van der Waals surface area contributed by atoms with E-state index >= 15 is 0 Å². The SMILES string of the molecule is COc1cc(O)ccc1C1C2=CCC3C(=O)N(CCc4ccc(O)cc4)C(=O)C3C2CC2(Cl)C(=O)N(c3ccc(F)cc3)C(=O)C12Cl. The second kappa shape index (κ2) is 11.1. The largest absolute Gasteiger partial charge is 0.508 e. The number of fused-ring (bicyclic) bond motifs is 4. The van der Waals surface area contributed by atoms with Gasteiger partial charge in [-0.1, -0.05) is 29.8 Å². The second-order valence-electron chi connectivity index (χ2n) is 12.4. The lowest BCUT2D eigenvalue weighted by molar-refractivity contribution is -0.140. The average molecular weight is 680 g/mol. The summed E-state index contributed by atoms with van der Waals surface area (Å²) in [4.78, 5) is 54.5. The predicted molar refractivity (Wildman–Crippen MR) is 170 cm³/mol. The van der Waals surface area contributed by atoms with Gasteiger partial charge in [-0.25, -0.2) is 9.29 Å². The summed E-state index contributed by atoms with van der Waals surface area (Å²) >= 11 is 14.8. The molecule has 12 heteroatoms. The van der Waals surface area contributed by atoms with Gasteiger partial charge in [-0.05, 0) is 73.2 Å². The lowest BCUT2D eigenvalue weighted by Crippen LogP contribution is -2.60. The topological polar surface area (TPSA) is 124 Å². The van der Waals surface area contributed by atoms with Crippen LogP contribution in [0.15, 0.2) is 78.4 Å². The first kappa shape index (κ1) is 31.2. The van der Waals surface area contributed by atoms with Crippen LogP contribution in [0.4, 0.5) is 10.1 Å². The number of amides is 4. The normalized spacial score (nSPS) is 29.8. The number of carbonyl (C=O) groups is 4. The molecule has 9 nitrogen and oxygen atoms in total. The number of likely N-dealkylation sites (tertiary alicyclic amines) is 1. The molecule has 2 heterocycles. The van der Waals surface area contributed by atoms with Crippen molar-refractivity contribution in [1.82, 2.24) is 4.90 Å². The molecule has 242 valence electrons. The molecule has 3 aromatic rings. The van der Waals surface area contributed by atoms with Crippen molar-refractivity contribution in [2.24, 2.45) is 17.8 Å². The van der Waals surface area contributed by atoms with Gasteiger partial charge >= 0.3 is 0 Å². The summed E-state index contributed by atoms with van der Waals surface area (Å²) in [6.45, 7) is 0.119. The molecule has 0 spiro atoms. The quantitative estimate of drug-likeness (QED) is 0.212. The Bertz CT molecular complexity index is 1870. The van der Waals surface area contributed by atoms with Crippen molar-refractivity contribution < 1.29 is 38.5 Å². The number of allylic oxidation sites excluding steroid dienone is 2. The Balaban J connectivity index is 1.33. The van der Waals surface area contributed by atoms with E-state index in [1.165, 1.54) is 48.4 Å². The summed E-state index contributed by atoms with van der Waals surface area (Å²) in [5.41, 5.74) is 1.85. The van der Waals surface area contributed by atoms with Gasteiger partial charge in [0, 0.05) is 24.1 Å². The highest BCUT2D eigenvalue weighted by molar-refractivity contribution is 6.58. The zero-order chi connectivity index (χ0) is 33.4. The van der Waals surface area contributed by atoms with Gasteiger partial charge < -0.3 is 14.9 Å². The number of phenolic OH excluding ortho intramolecular Hbond substituents is 2. The van der Waals surface area contributed by atoms with Gasteiger partial charge in [0.2, 0.25) is 11.8 Å². The Morgan fingerprint density at radius 1 is 0.894 bits per heavy atom. The summed E-state index contributed by atoms with van der Waals surface area (Å²) < 4.78 is 19.5. The summed E-state index contributed by atoms with van der Waals surface area (Å²) in [6, 6.07) is 15.6. The van der Waals surface area contributed by atoms with Gasteiger partial charge in [0.25, 0.3) is 11.8 Å². The van der Waals surface area contributed by atoms with Gasteiger partial charge in [0.15, 0.2) is 9.75 Å². The van der Waals surface area contributed by atoms with E-state index in [2.05, 4.69) is 0 Å². The molecule has 47 heavy (non-hydrogen) atoms. The van der Waals surface area contributed by atoms with Crippen molar-refractivity contribution in [1.29, 1.82) is 0 Å². The van der Waals surface area contributed by atoms with Crippen LogP contribution in [-0.4, -0.2) is 62.1 Å². The van der Waals surface area contributed by atoms with Crippen LogP contribution in [0.2, 0.25) is 0 Å². The van der Waals surface area contributed by atoms with E-state index in [1.54, 1.807) is 18.2 Å². The number of hydrogen-bond acceptors (Lipinski definition) is 7. The highest BCUT2D eigenvalue weighted by Gasteiger charge is 2.76. The van der Waals surface area contributed by atoms with Gasteiger partial charge in [0.1, 0.15) is 23.1 Å². The minimum absolute atomic E-state index is 0.0784. The lowest BCUT2D eigenvalue weighted by Gasteiger charge is -2.50. The van der Waals surface area contributed by atoms with Gasteiger partial charge in [0.05, 0.1) is 24.6 Å². The number of methoxy groups -OCH3 is 1. The Labute approximate surface area is 279 Å². The highest BCUT2D eigenvalue weighted by atomic mass is 35.5. The summed E-state index contributed by atoms with van der Waals surface area (Å²) in [5.74, 6) is -6.20. The van der Waals surface area contributed by atoms with Crippen LogP contribution >= 0.6 is 23.2 Å². The maximum absolute atomic E-state index is 14.5. The standard InChI is InChI=1S/C35H29Cl2FN2O7/c1-47-27-16-22(42)10-11-24(27)29-23-12-13-25-28(31(44)39(30(25)43)15-14-18-2-8-21(41)9-3-18)26(23)17-34(36)32(45)40(33(46)35(29,34)37)20-6-4-19(38)5-7-20/h2-12,16,25-26,28-29,41-42H,13-15,17H2,1H3. The predicted octanol–water partition coefficient (Wildman–Crippen LogP) is 5.05. The number of ether oxygens (including phenoxy) is 1. The van der Waals surface area contributed by atoms with Crippen LogP contribution < -0.4 is 9.64 Å². The van der Waals surface area contributed by atoms with Crippen molar-refractivity contribution in [2.45, 2.75) is 34.9 Å². The van der Waals surface area contributed by atoms with Crippen LogP contribution in [0.3, 0.4) is 0 Å². The fraction of sp³-hybridized carbons (Fsp3) is 0.314. The number of benzene rings is 3. The fourth-order valence-electron chi connectivity index (χ4n) is 7.87. The van der Waals surface area contributed by atoms with Gasteiger partial charge in [-0.15, -0.1) is 23.2 Å². The molecular weight excluding hydrogens is 650 g/mol. The van der Waals surface area contributed by atoms with Crippen LogP contribution in [-0.2, 0) is 25.6 Å². The third kappa shape index (κ3) is 4.48. The molecule has 0 radical (unpaired) electrons.